The van der Waals surface area contributed by atoms with Crippen molar-refractivity contribution in [2.24, 2.45) is 0 Å². The minimum absolute atomic E-state index is 0.0588. The molecule has 0 bridgehead atoms. The number of anilines is 2. The van der Waals surface area contributed by atoms with E-state index in [1.807, 2.05) is 30.0 Å². The van der Waals surface area contributed by atoms with Crippen molar-refractivity contribution in [3.05, 3.63) is 41.1 Å². The van der Waals surface area contributed by atoms with Crippen LogP contribution in [0.2, 0.25) is 0 Å². The van der Waals surface area contributed by atoms with Gasteiger partial charge in [-0.05, 0) is 38.3 Å². The van der Waals surface area contributed by atoms with Crippen molar-refractivity contribution in [2.45, 2.75) is 44.8 Å². The predicted octanol–water partition coefficient (Wildman–Crippen LogP) is 2.65. The van der Waals surface area contributed by atoms with Crippen molar-refractivity contribution in [1.29, 1.82) is 0 Å². The third-order valence-corrected chi connectivity index (χ3v) is 5.92. The number of aromatic nitrogens is 4. The molecule has 3 aromatic rings. The number of aryl methyl sites for hydroxylation is 2. The molecule has 3 heterocycles. The van der Waals surface area contributed by atoms with E-state index in [4.69, 9.17) is 5.73 Å². The first-order valence-electron chi connectivity index (χ1n) is 9.04. The molecule has 1 aromatic carbocycles. The van der Waals surface area contributed by atoms with Crippen LogP contribution in [0.5, 0.6) is 0 Å². The summed E-state index contributed by atoms with van der Waals surface area (Å²) in [5, 5.41) is 9.13. The van der Waals surface area contributed by atoms with E-state index in [9.17, 15) is 4.79 Å². The molecule has 1 atom stereocenters. The van der Waals surface area contributed by atoms with Crippen molar-refractivity contribution in [3.8, 4) is 0 Å². The van der Waals surface area contributed by atoms with E-state index < -0.39 is 0 Å². The van der Waals surface area contributed by atoms with Gasteiger partial charge in [0, 0.05) is 23.0 Å². The van der Waals surface area contributed by atoms with E-state index in [1.54, 1.807) is 4.40 Å². The Balaban J connectivity index is 1.59. The van der Waals surface area contributed by atoms with Crippen LogP contribution in [0.4, 0.5) is 11.6 Å². The van der Waals surface area contributed by atoms with Crippen LogP contribution in [0.1, 0.15) is 30.7 Å². The molecule has 0 saturated heterocycles. The molecule has 4 rings (SSSR count). The summed E-state index contributed by atoms with van der Waals surface area (Å²) in [6, 6.07) is 8.23. The van der Waals surface area contributed by atoms with Gasteiger partial charge in [0.1, 0.15) is 0 Å². The lowest BCUT2D eigenvalue weighted by molar-refractivity contribution is -0.116. The number of thioether (sulfide) groups is 1. The fourth-order valence-electron chi connectivity index (χ4n) is 3.77. The fraction of sp³-hybridized carbons (Fsp3) is 0.368. The van der Waals surface area contributed by atoms with Crippen LogP contribution in [-0.4, -0.2) is 37.3 Å². The molecule has 2 aromatic heterocycles. The minimum atomic E-state index is 0.0588. The number of nitrogen functional groups attached to an aromatic ring is 1. The number of nitrogens with two attached hydrogens (primary N) is 1. The van der Waals surface area contributed by atoms with Crippen molar-refractivity contribution in [3.63, 3.8) is 0 Å². The standard InChI is InChI=1S/C19H22N6OS/c1-4-14-12(3)21-18(20)25-17(14)22-23-19(25)27-10-16(26)24-11(2)9-13-7-5-6-8-15(13)24/h5-8,11H,4,9-10H2,1-3H3,(H2,20,21). The summed E-state index contributed by atoms with van der Waals surface area (Å²) < 4.78 is 1.74. The maximum Gasteiger partial charge on any atom is 0.237 e. The number of para-hydroxylation sites is 1. The highest BCUT2D eigenvalue weighted by molar-refractivity contribution is 7.99. The molecule has 1 amide bonds. The first kappa shape index (κ1) is 17.8. The van der Waals surface area contributed by atoms with Gasteiger partial charge >= 0.3 is 0 Å². The lowest BCUT2D eigenvalue weighted by Crippen LogP contribution is -2.37. The van der Waals surface area contributed by atoms with Gasteiger partial charge in [0.15, 0.2) is 10.8 Å². The normalized spacial score (nSPS) is 16.1. The topological polar surface area (TPSA) is 89.4 Å². The molecule has 0 fully saturated rings. The summed E-state index contributed by atoms with van der Waals surface area (Å²) >= 11 is 1.35. The predicted molar refractivity (Wildman–Crippen MR) is 107 cm³/mol. The van der Waals surface area contributed by atoms with Crippen molar-refractivity contribution in [1.82, 2.24) is 19.6 Å². The number of carbonyl (C=O) groups excluding carboxylic acids is 1. The van der Waals surface area contributed by atoms with Crippen molar-refractivity contribution >= 4 is 35.0 Å². The van der Waals surface area contributed by atoms with E-state index in [2.05, 4.69) is 35.1 Å². The zero-order valence-electron chi connectivity index (χ0n) is 15.6. The second-order valence-corrected chi connectivity index (χ2v) is 7.71. The van der Waals surface area contributed by atoms with Gasteiger partial charge in [-0.15, -0.1) is 10.2 Å². The van der Waals surface area contributed by atoms with Crippen LogP contribution < -0.4 is 10.6 Å². The molecule has 0 spiro atoms. The second-order valence-electron chi connectivity index (χ2n) is 6.76. The first-order chi connectivity index (χ1) is 13.0. The van der Waals surface area contributed by atoms with Crippen LogP contribution in [0, 0.1) is 6.92 Å². The third kappa shape index (κ3) is 2.93. The Bertz CT molecular complexity index is 1030. The average molecular weight is 382 g/mol. The van der Waals surface area contributed by atoms with Gasteiger partial charge in [0.05, 0.1) is 5.75 Å². The van der Waals surface area contributed by atoms with Crippen LogP contribution >= 0.6 is 11.8 Å². The number of nitrogens with zero attached hydrogens (tertiary/aromatic N) is 5. The molecule has 27 heavy (non-hydrogen) atoms. The van der Waals surface area contributed by atoms with Crippen LogP contribution in [0.15, 0.2) is 29.4 Å². The molecule has 0 saturated carbocycles. The molecule has 0 radical (unpaired) electrons. The van der Waals surface area contributed by atoms with Gasteiger partial charge in [-0.2, -0.15) is 0 Å². The summed E-state index contributed by atoms with van der Waals surface area (Å²) in [6.45, 7) is 6.05. The molecular weight excluding hydrogens is 360 g/mol. The molecule has 140 valence electrons. The minimum Gasteiger partial charge on any atom is -0.369 e. The molecule has 0 aliphatic carbocycles. The molecule has 2 N–H and O–H groups in total. The summed E-state index contributed by atoms with van der Waals surface area (Å²) in [5.74, 6) is 0.678. The SMILES string of the molecule is CCc1c(C)nc(N)n2c(SCC(=O)N3c4ccccc4CC3C)nnc12. The van der Waals surface area contributed by atoms with Gasteiger partial charge in [-0.25, -0.2) is 9.38 Å². The number of benzene rings is 1. The van der Waals surface area contributed by atoms with E-state index in [1.165, 1.54) is 17.3 Å². The molecule has 8 heteroatoms. The third-order valence-electron chi connectivity index (χ3n) is 5.01. The molecule has 7 nitrogen and oxygen atoms in total. The molecule has 1 aliphatic heterocycles. The van der Waals surface area contributed by atoms with E-state index in [-0.39, 0.29) is 17.7 Å². The van der Waals surface area contributed by atoms with Gasteiger partial charge in [-0.3, -0.25) is 4.79 Å². The lowest BCUT2D eigenvalue weighted by atomic mass is 10.1. The highest BCUT2D eigenvalue weighted by Gasteiger charge is 2.30. The maximum atomic E-state index is 12.9. The monoisotopic (exact) mass is 382 g/mol. The van der Waals surface area contributed by atoms with Crippen LogP contribution in [-0.2, 0) is 17.6 Å². The van der Waals surface area contributed by atoms with Gasteiger partial charge < -0.3 is 10.6 Å². The number of fused-ring (bicyclic) bond motifs is 2. The largest absolute Gasteiger partial charge is 0.369 e. The lowest BCUT2D eigenvalue weighted by Gasteiger charge is -2.22. The molecule has 1 aliphatic rings. The van der Waals surface area contributed by atoms with E-state index in [0.29, 0.717) is 11.1 Å². The second kappa shape index (κ2) is 6.84. The summed E-state index contributed by atoms with van der Waals surface area (Å²) in [6.07, 6.45) is 1.68. The Hall–Kier alpha value is -2.61. The number of rotatable bonds is 4. The van der Waals surface area contributed by atoms with Gasteiger partial charge in [-0.1, -0.05) is 36.9 Å². The Morgan fingerprint density at radius 1 is 1.33 bits per heavy atom. The number of hydrogen-bond donors (Lipinski definition) is 1. The summed E-state index contributed by atoms with van der Waals surface area (Å²) in [7, 11) is 0. The maximum absolute atomic E-state index is 12.9. The van der Waals surface area contributed by atoms with E-state index in [0.717, 1.165) is 35.4 Å². The number of carbonyl (C=O) groups is 1. The molecular formula is C19H22N6OS. The summed E-state index contributed by atoms with van der Waals surface area (Å²) in [5.41, 5.74) is 10.9. The zero-order chi connectivity index (χ0) is 19.1. The quantitative estimate of drug-likeness (QED) is 0.698. The Labute approximate surface area is 162 Å². The number of amides is 1. The fourth-order valence-corrected chi connectivity index (χ4v) is 4.57. The highest BCUT2D eigenvalue weighted by Crippen LogP contribution is 2.33. The first-order valence-corrected chi connectivity index (χ1v) is 10.0. The Kier molecular flexibility index (Phi) is 4.51. The highest BCUT2D eigenvalue weighted by atomic mass is 32.2. The smallest absolute Gasteiger partial charge is 0.237 e. The van der Waals surface area contributed by atoms with E-state index >= 15 is 0 Å². The Morgan fingerprint density at radius 3 is 2.89 bits per heavy atom. The zero-order valence-corrected chi connectivity index (χ0v) is 16.5. The molecule has 1 unspecified atom stereocenters. The van der Waals surface area contributed by atoms with Crippen LogP contribution in [0.25, 0.3) is 5.65 Å². The van der Waals surface area contributed by atoms with Gasteiger partial charge in [0.2, 0.25) is 11.9 Å². The Morgan fingerprint density at radius 2 is 2.11 bits per heavy atom. The van der Waals surface area contributed by atoms with Gasteiger partial charge in [0.25, 0.3) is 0 Å². The number of hydrogen-bond acceptors (Lipinski definition) is 6. The summed E-state index contributed by atoms with van der Waals surface area (Å²) in [4.78, 5) is 19.2. The van der Waals surface area contributed by atoms with Crippen LogP contribution in [0.3, 0.4) is 0 Å². The van der Waals surface area contributed by atoms with Crippen molar-refractivity contribution < 1.29 is 4.79 Å². The van der Waals surface area contributed by atoms with Crippen molar-refractivity contribution in [2.75, 3.05) is 16.4 Å². The average Bonchev–Trinajstić information content (AvgIpc) is 3.20.